The van der Waals surface area contributed by atoms with Crippen LogP contribution in [0.1, 0.15) is 34.5 Å². The first-order valence-electron chi connectivity index (χ1n) is 9.44. The van der Waals surface area contributed by atoms with Crippen molar-refractivity contribution in [1.29, 1.82) is 0 Å². The van der Waals surface area contributed by atoms with E-state index >= 15 is 0 Å². The van der Waals surface area contributed by atoms with Crippen molar-refractivity contribution in [3.63, 3.8) is 0 Å². The van der Waals surface area contributed by atoms with Gasteiger partial charge >= 0.3 is 12.1 Å². The zero-order valence-electron chi connectivity index (χ0n) is 17.5. The molecule has 2 heterocycles. The van der Waals surface area contributed by atoms with Gasteiger partial charge in [0.05, 0.1) is 17.4 Å². The average molecular weight is 518 g/mol. The second kappa shape index (κ2) is 9.24. The highest BCUT2D eigenvalue weighted by Crippen LogP contribution is 2.51. The zero-order chi connectivity index (χ0) is 25.4. The lowest BCUT2D eigenvalue weighted by Crippen LogP contribution is -2.47. The number of aromatic nitrogens is 3. The van der Waals surface area contributed by atoms with E-state index in [9.17, 15) is 27.9 Å². The molecule has 0 aliphatic heterocycles. The Morgan fingerprint density at radius 3 is 2.32 bits per heavy atom. The Labute approximate surface area is 200 Å². The maximum atomic E-state index is 14.2. The number of pyridine rings is 1. The number of carbonyl (C=O) groups is 1. The molecule has 2 N–H and O–H groups in total. The Morgan fingerprint density at radius 1 is 1.12 bits per heavy atom. The van der Waals surface area contributed by atoms with Crippen molar-refractivity contribution in [1.82, 2.24) is 14.5 Å². The molecule has 0 spiro atoms. The zero-order valence-corrected chi connectivity index (χ0v) is 19.0. The minimum absolute atomic E-state index is 0.0855. The lowest BCUT2D eigenvalue weighted by Gasteiger charge is -2.37. The number of hydrogen-bond donors (Lipinski definition) is 2. The van der Waals surface area contributed by atoms with E-state index in [0.717, 1.165) is 42.2 Å². The van der Waals surface area contributed by atoms with Gasteiger partial charge in [-0.05, 0) is 17.7 Å². The first-order chi connectivity index (χ1) is 15.8. The lowest BCUT2D eigenvalue weighted by molar-refractivity contribution is -0.274. The second-order valence-corrected chi connectivity index (χ2v) is 8.04. The summed E-state index contributed by atoms with van der Waals surface area (Å²) in [5.74, 6) is -3.17. The predicted octanol–water partition coefficient (Wildman–Crippen LogP) is 4.53. The summed E-state index contributed by atoms with van der Waals surface area (Å²) >= 11 is 12.5. The average Bonchev–Trinajstić information content (AvgIpc) is 2.77. The fourth-order valence-corrected chi connectivity index (χ4v) is 3.79. The highest BCUT2D eigenvalue weighted by molar-refractivity contribution is 6.43. The molecule has 1 aromatic carbocycles. The van der Waals surface area contributed by atoms with E-state index < -0.39 is 34.8 Å². The molecule has 3 aromatic rings. The van der Waals surface area contributed by atoms with Crippen LogP contribution in [0.4, 0.5) is 13.2 Å². The van der Waals surface area contributed by atoms with Crippen molar-refractivity contribution < 1.29 is 32.9 Å². The summed E-state index contributed by atoms with van der Waals surface area (Å²) in [5, 5.41) is 19.2. The van der Waals surface area contributed by atoms with Gasteiger partial charge in [0.2, 0.25) is 11.4 Å². The van der Waals surface area contributed by atoms with Gasteiger partial charge in [-0.3, -0.25) is 4.79 Å². The Morgan fingerprint density at radius 2 is 1.79 bits per heavy atom. The van der Waals surface area contributed by atoms with Crippen molar-refractivity contribution in [2.24, 2.45) is 7.05 Å². The third-order valence-corrected chi connectivity index (χ3v) is 6.07. The largest absolute Gasteiger partial charge is 0.476 e. The monoisotopic (exact) mass is 517 g/mol. The molecule has 2 aromatic heterocycles. The number of benzene rings is 1. The highest BCUT2D eigenvalue weighted by atomic mass is 35.5. The summed E-state index contributed by atoms with van der Waals surface area (Å²) in [6, 6.07) is 4.25. The first-order valence-corrected chi connectivity index (χ1v) is 10.2. The van der Waals surface area contributed by atoms with E-state index in [1.807, 2.05) is 0 Å². The van der Waals surface area contributed by atoms with E-state index in [4.69, 9.17) is 33.0 Å². The van der Waals surface area contributed by atoms with E-state index in [1.165, 1.54) is 19.2 Å². The summed E-state index contributed by atoms with van der Waals surface area (Å²) < 4.78 is 48.8. The quantitative estimate of drug-likeness (QED) is 0.493. The second-order valence-electron chi connectivity index (χ2n) is 7.28. The molecule has 0 aliphatic carbocycles. The molecule has 2 atom stereocenters. The summed E-state index contributed by atoms with van der Waals surface area (Å²) in [6.07, 6.45) is -2.28. The van der Waals surface area contributed by atoms with Crippen molar-refractivity contribution in [2.45, 2.75) is 24.6 Å². The number of carboxylic acids is 1. The van der Waals surface area contributed by atoms with Crippen molar-refractivity contribution in [3.8, 4) is 11.6 Å². The van der Waals surface area contributed by atoms with E-state index in [2.05, 4.69) is 9.97 Å². The maximum Gasteiger partial charge on any atom is 0.422 e. The summed E-state index contributed by atoms with van der Waals surface area (Å²) in [4.78, 5) is 29.9. The number of aryl methyl sites for hydroxylation is 1. The van der Waals surface area contributed by atoms with Crippen molar-refractivity contribution in [3.05, 3.63) is 80.1 Å². The minimum atomic E-state index is -5.14. The topological polar surface area (TPSA) is 115 Å². The molecule has 0 aliphatic rings. The maximum absolute atomic E-state index is 14.2. The predicted molar refractivity (Wildman–Crippen MR) is 116 cm³/mol. The Kier molecular flexibility index (Phi) is 6.92. The van der Waals surface area contributed by atoms with Gasteiger partial charge in [-0.2, -0.15) is 13.2 Å². The van der Waals surface area contributed by atoms with Crippen molar-refractivity contribution in [2.75, 3.05) is 0 Å². The number of nitrogens with zero attached hydrogens (tertiary/aromatic N) is 3. The molecule has 0 bridgehead atoms. The molecular formula is C21H16Cl2F3N3O5. The van der Waals surface area contributed by atoms with Gasteiger partial charge in [0.25, 0.3) is 0 Å². The minimum Gasteiger partial charge on any atom is -0.476 e. The number of ether oxygens (including phenoxy) is 1. The number of hydrogen-bond acceptors (Lipinski definition) is 6. The van der Waals surface area contributed by atoms with Gasteiger partial charge in [0.15, 0.2) is 11.3 Å². The smallest absolute Gasteiger partial charge is 0.422 e. The van der Waals surface area contributed by atoms with Crippen LogP contribution in [0.3, 0.4) is 0 Å². The first kappa shape index (κ1) is 25.5. The molecule has 0 radical (unpaired) electrons. The number of halogens is 5. The van der Waals surface area contributed by atoms with E-state index in [-0.39, 0.29) is 32.9 Å². The Bertz CT molecular complexity index is 1300. The summed E-state index contributed by atoms with van der Waals surface area (Å²) in [6.45, 7) is 1.12. The van der Waals surface area contributed by atoms with Crippen LogP contribution in [0.15, 0.2) is 47.7 Å². The third kappa shape index (κ3) is 4.59. The standard InChI is InChI=1S/C21H16Cl2F3N3O5/c1-10(20(33,21(24,25)26)11-3-6-16(30)29(2)9-11)12-4-5-14(18(23)17(12)22)34-15-8-27-13(7-28-15)19(31)32/h3-10,33H,1-2H3,(H,31,32). The van der Waals surface area contributed by atoms with Gasteiger partial charge in [-0.1, -0.05) is 36.2 Å². The number of aliphatic hydroxyl groups is 1. The summed E-state index contributed by atoms with van der Waals surface area (Å²) in [5.41, 5.74) is -4.99. The molecule has 0 fully saturated rings. The molecule has 8 nitrogen and oxygen atoms in total. The Hall–Kier alpha value is -3.15. The van der Waals surface area contributed by atoms with Gasteiger partial charge in [0.1, 0.15) is 10.8 Å². The molecule has 13 heteroatoms. The lowest BCUT2D eigenvalue weighted by atomic mass is 9.78. The highest BCUT2D eigenvalue weighted by Gasteiger charge is 2.59. The molecule has 180 valence electrons. The molecular weight excluding hydrogens is 502 g/mol. The summed E-state index contributed by atoms with van der Waals surface area (Å²) in [7, 11) is 1.26. The van der Waals surface area contributed by atoms with Gasteiger partial charge in [0, 0.05) is 30.8 Å². The SMILES string of the molecule is CC(c1ccc(Oc2cnc(C(=O)O)cn2)c(Cl)c1Cl)C(O)(c1ccc(=O)n(C)c1)C(F)(F)F. The molecule has 0 amide bonds. The van der Waals surface area contributed by atoms with Crippen LogP contribution in [-0.4, -0.2) is 36.9 Å². The number of aromatic carboxylic acids is 1. The molecule has 0 saturated heterocycles. The van der Waals surface area contributed by atoms with Gasteiger partial charge in [-0.15, -0.1) is 0 Å². The third-order valence-electron chi connectivity index (χ3n) is 5.19. The van der Waals surface area contributed by atoms with Crippen molar-refractivity contribution >= 4 is 29.2 Å². The van der Waals surface area contributed by atoms with Gasteiger partial charge < -0.3 is 19.5 Å². The van der Waals surface area contributed by atoms with Crippen LogP contribution in [0.5, 0.6) is 11.6 Å². The number of carboxylic acid groups (broad SMARTS) is 1. The molecule has 2 unspecified atom stereocenters. The fourth-order valence-electron chi connectivity index (χ4n) is 3.26. The van der Waals surface area contributed by atoms with Crippen LogP contribution in [0.2, 0.25) is 10.0 Å². The van der Waals surface area contributed by atoms with Crippen LogP contribution < -0.4 is 10.3 Å². The fraction of sp³-hybridized carbons (Fsp3) is 0.238. The van der Waals surface area contributed by atoms with Gasteiger partial charge in [-0.25, -0.2) is 14.8 Å². The normalized spacial score (nSPS) is 14.4. The van der Waals surface area contributed by atoms with Crippen LogP contribution in [-0.2, 0) is 12.6 Å². The van der Waals surface area contributed by atoms with Crippen LogP contribution in [0, 0.1) is 0 Å². The van der Waals surface area contributed by atoms with Crippen LogP contribution >= 0.6 is 23.2 Å². The molecule has 3 rings (SSSR count). The molecule has 0 saturated carbocycles. The van der Waals surface area contributed by atoms with E-state index in [0.29, 0.717) is 0 Å². The molecule has 34 heavy (non-hydrogen) atoms. The Balaban J connectivity index is 2.02. The number of rotatable bonds is 6. The van der Waals surface area contributed by atoms with Crippen LogP contribution in [0.25, 0.3) is 0 Å². The number of alkyl halides is 3. The van der Waals surface area contributed by atoms with E-state index in [1.54, 1.807) is 0 Å².